The minimum atomic E-state index is 0.102. The van der Waals surface area contributed by atoms with Crippen molar-refractivity contribution >= 4 is 11.3 Å². The lowest BCUT2D eigenvalue weighted by Crippen LogP contribution is -2.11. The van der Waals surface area contributed by atoms with E-state index in [0.717, 1.165) is 11.1 Å². The van der Waals surface area contributed by atoms with E-state index in [9.17, 15) is 0 Å². The Labute approximate surface area is 71.3 Å². The fourth-order valence-electron chi connectivity index (χ4n) is 0.964. The van der Waals surface area contributed by atoms with Crippen molar-refractivity contribution in [2.45, 2.75) is 26.2 Å². The Hall–Kier alpha value is -0.810. The third-order valence-electron chi connectivity index (χ3n) is 1.59. The highest BCUT2D eigenvalue weighted by Crippen LogP contribution is 2.27. The Balaban J connectivity index is 3.15. The SMILES string of the molecule is CC(C)(C)c1cscc1C#N. The van der Waals surface area contributed by atoms with Crippen molar-refractivity contribution in [1.29, 1.82) is 5.26 Å². The topological polar surface area (TPSA) is 23.8 Å². The minimum Gasteiger partial charge on any atom is -0.192 e. The Morgan fingerprint density at radius 2 is 2.00 bits per heavy atom. The number of hydrogen-bond donors (Lipinski definition) is 0. The molecule has 0 saturated heterocycles. The number of nitrogens with zero attached hydrogens (tertiary/aromatic N) is 1. The molecule has 1 aromatic heterocycles. The van der Waals surface area contributed by atoms with Crippen LogP contribution >= 0.6 is 11.3 Å². The zero-order chi connectivity index (χ0) is 8.48. The van der Waals surface area contributed by atoms with Crippen molar-refractivity contribution < 1.29 is 0 Å². The van der Waals surface area contributed by atoms with Crippen molar-refractivity contribution in [2.75, 3.05) is 0 Å². The van der Waals surface area contributed by atoms with Gasteiger partial charge in [-0.3, -0.25) is 0 Å². The summed E-state index contributed by atoms with van der Waals surface area (Å²) in [5, 5.41) is 12.7. The van der Waals surface area contributed by atoms with Crippen LogP contribution in [0, 0.1) is 11.3 Å². The van der Waals surface area contributed by atoms with Crippen LogP contribution in [0.1, 0.15) is 31.9 Å². The molecule has 0 amide bonds. The van der Waals surface area contributed by atoms with E-state index in [2.05, 4.69) is 32.2 Å². The van der Waals surface area contributed by atoms with Gasteiger partial charge in [0.15, 0.2) is 0 Å². The molecule has 11 heavy (non-hydrogen) atoms. The highest BCUT2D eigenvalue weighted by Gasteiger charge is 2.18. The number of hydrogen-bond acceptors (Lipinski definition) is 2. The molecule has 0 fully saturated rings. The number of rotatable bonds is 0. The molecule has 58 valence electrons. The molecule has 0 N–H and O–H groups in total. The smallest absolute Gasteiger partial charge is 0.100 e. The van der Waals surface area contributed by atoms with Crippen molar-refractivity contribution in [3.05, 3.63) is 21.9 Å². The summed E-state index contributed by atoms with van der Waals surface area (Å²) in [6.07, 6.45) is 0. The van der Waals surface area contributed by atoms with Crippen LogP contribution in [0.2, 0.25) is 0 Å². The molecular weight excluding hydrogens is 154 g/mol. The normalized spacial score (nSPS) is 11.1. The average Bonchev–Trinajstić information content (AvgIpc) is 2.31. The molecule has 0 aliphatic heterocycles. The third kappa shape index (κ3) is 1.61. The average molecular weight is 165 g/mol. The lowest BCUT2D eigenvalue weighted by atomic mass is 9.87. The molecule has 0 atom stereocenters. The summed E-state index contributed by atoms with van der Waals surface area (Å²) in [5.41, 5.74) is 2.08. The maximum absolute atomic E-state index is 8.73. The van der Waals surface area contributed by atoms with Gasteiger partial charge < -0.3 is 0 Å². The minimum absolute atomic E-state index is 0.102. The molecule has 1 aromatic rings. The van der Waals surface area contributed by atoms with Gasteiger partial charge in [0.2, 0.25) is 0 Å². The number of nitriles is 1. The molecule has 0 aliphatic carbocycles. The maximum Gasteiger partial charge on any atom is 0.100 e. The third-order valence-corrected chi connectivity index (χ3v) is 2.33. The van der Waals surface area contributed by atoms with Gasteiger partial charge >= 0.3 is 0 Å². The molecule has 0 saturated carbocycles. The van der Waals surface area contributed by atoms with Gasteiger partial charge in [-0.25, -0.2) is 0 Å². The zero-order valence-electron chi connectivity index (χ0n) is 7.01. The van der Waals surface area contributed by atoms with Crippen molar-refractivity contribution in [1.82, 2.24) is 0 Å². The van der Waals surface area contributed by atoms with E-state index in [4.69, 9.17) is 5.26 Å². The Kier molecular flexibility index (Phi) is 2.01. The van der Waals surface area contributed by atoms with Gasteiger partial charge in [0.05, 0.1) is 5.56 Å². The van der Waals surface area contributed by atoms with E-state index in [-0.39, 0.29) is 5.41 Å². The van der Waals surface area contributed by atoms with E-state index in [1.807, 2.05) is 5.38 Å². The van der Waals surface area contributed by atoms with Gasteiger partial charge in [-0.2, -0.15) is 16.6 Å². The fraction of sp³-hybridized carbons (Fsp3) is 0.444. The van der Waals surface area contributed by atoms with Gasteiger partial charge in [-0.15, -0.1) is 0 Å². The van der Waals surface area contributed by atoms with Crippen LogP contribution in [-0.2, 0) is 5.41 Å². The van der Waals surface area contributed by atoms with Crippen LogP contribution in [0.3, 0.4) is 0 Å². The summed E-state index contributed by atoms with van der Waals surface area (Å²) < 4.78 is 0. The first-order valence-corrected chi connectivity index (χ1v) is 4.47. The largest absolute Gasteiger partial charge is 0.192 e. The summed E-state index contributed by atoms with van der Waals surface area (Å²) in [6.45, 7) is 6.36. The van der Waals surface area contributed by atoms with Crippen molar-refractivity contribution in [2.24, 2.45) is 0 Å². The van der Waals surface area contributed by atoms with Gasteiger partial charge in [0.1, 0.15) is 6.07 Å². The summed E-state index contributed by atoms with van der Waals surface area (Å²) in [6, 6.07) is 2.19. The summed E-state index contributed by atoms with van der Waals surface area (Å²) >= 11 is 1.60. The predicted molar refractivity (Wildman–Crippen MR) is 47.7 cm³/mol. The van der Waals surface area contributed by atoms with Crippen LogP contribution in [0.25, 0.3) is 0 Å². The second kappa shape index (κ2) is 2.67. The number of thiophene rings is 1. The quantitative estimate of drug-likeness (QED) is 0.580. The van der Waals surface area contributed by atoms with E-state index < -0.39 is 0 Å². The Morgan fingerprint density at radius 3 is 2.36 bits per heavy atom. The molecule has 1 nitrogen and oxygen atoms in total. The highest BCUT2D eigenvalue weighted by molar-refractivity contribution is 7.08. The van der Waals surface area contributed by atoms with Crippen LogP contribution in [0.15, 0.2) is 10.8 Å². The first-order valence-electron chi connectivity index (χ1n) is 3.52. The van der Waals surface area contributed by atoms with E-state index in [1.165, 1.54) is 0 Å². The zero-order valence-corrected chi connectivity index (χ0v) is 7.83. The van der Waals surface area contributed by atoms with Gasteiger partial charge in [0.25, 0.3) is 0 Å². The summed E-state index contributed by atoms with van der Waals surface area (Å²) in [5.74, 6) is 0. The molecule has 0 radical (unpaired) electrons. The van der Waals surface area contributed by atoms with Crippen molar-refractivity contribution in [3.63, 3.8) is 0 Å². The lowest BCUT2D eigenvalue weighted by Gasteiger charge is -2.16. The molecular formula is C9H11NS. The molecule has 0 aliphatic rings. The van der Waals surface area contributed by atoms with Crippen molar-refractivity contribution in [3.8, 4) is 6.07 Å². The second-order valence-electron chi connectivity index (χ2n) is 3.56. The first kappa shape index (κ1) is 8.29. The predicted octanol–water partition coefficient (Wildman–Crippen LogP) is 2.92. The summed E-state index contributed by atoms with van der Waals surface area (Å²) in [7, 11) is 0. The summed E-state index contributed by atoms with van der Waals surface area (Å²) in [4.78, 5) is 0. The molecule has 0 aromatic carbocycles. The van der Waals surface area contributed by atoms with Gasteiger partial charge in [0, 0.05) is 5.38 Å². The van der Waals surface area contributed by atoms with Gasteiger partial charge in [-0.05, 0) is 16.4 Å². The second-order valence-corrected chi connectivity index (χ2v) is 4.30. The Morgan fingerprint density at radius 1 is 1.36 bits per heavy atom. The highest BCUT2D eigenvalue weighted by atomic mass is 32.1. The molecule has 1 rings (SSSR count). The van der Waals surface area contributed by atoms with Gasteiger partial charge in [-0.1, -0.05) is 20.8 Å². The molecule has 0 bridgehead atoms. The van der Waals surface area contributed by atoms with Crippen LogP contribution in [0.4, 0.5) is 0 Å². The maximum atomic E-state index is 8.73. The van der Waals surface area contributed by atoms with E-state index in [1.54, 1.807) is 11.3 Å². The Bertz CT molecular complexity index is 285. The molecule has 2 heteroatoms. The molecule has 0 spiro atoms. The molecule has 0 unspecified atom stereocenters. The van der Waals surface area contributed by atoms with Crippen LogP contribution in [-0.4, -0.2) is 0 Å². The van der Waals surface area contributed by atoms with E-state index >= 15 is 0 Å². The fourth-order valence-corrected chi connectivity index (χ4v) is 1.96. The van der Waals surface area contributed by atoms with E-state index in [0.29, 0.717) is 0 Å². The standard InChI is InChI=1S/C9H11NS/c1-9(2,3)8-6-11-5-7(8)4-10/h5-6H,1-3H3. The van der Waals surface area contributed by atoms with Crippen LogP contribution in [0.5, 0.6) is 0 Å². The molecule has 1 heterocycles. The lowest BCUT2D eigenvalue weighted by molar-refractivity contribution is 0.591. The van der Waals surface area contributed by atoms with Crippen LogP contribution < -0.4 is 0 Å². The monoisotopic (exact) mass is 165 g/mol. The first-order chi connectivity index (χ1) is 5.05.